The predicted octanol–water partition coefficient (Wildman–Crippen LogP) is 3.23. The Balaban J connectivity index is 0. The molecule has 0 aliphatic heterocycles. The SMILES string of the molecule is C=CC(=O)OC(C)(CCCCCCCCCCCCC)[N+](C)(C)CC.[Br-]. The lowest BCUT2D eigenvalue weighted by molar-refractivity contribution is -0.961. The molecule has 156 valence electrons. The van der Waals surface area contributed by atoms with E-state index in [1.165, 1.54) is 70.3 Å². The fraction of sp³-hybridized carbons (Fsp3) is 0.864. The maximum absolute atomic E-state index is 11.7. The normalized spacial score (nSPS) is 13.6. The van der Waals surface area contributed by atoms with Crippen LogP contribution in [0.3, 0.4) is 0 Å². The highest BCUT2D eigenvalue weighted by Gasteiger charge is 2.42. The van der Waals surface area contributed by atoms with Crippen molar-refractivity contribution >= 4 is 5.97 Å². The van der Waals surface area contributed by atoms with Crippen LogP contribution in [-0.2, 0) is 9.53 Å². The minimum absolute atomic E-state index is 0. The number of unbranched alkanes of at least 4 members (excludes halogenated alkanes) is 10. The second-order valence-electron chi connectivity index (χ2n) is 8.09. The third-order valence-corrected chi connectivity index (χ3v) is 5.80. The van der Waals surface area contributed by atoms with E-state index in [4.69, 9.17) is 4.74 Å². The van der Waals surface area contributed by atoms with E-state index in [-0.39, 0.29) is 23.0 Å². The van der Waals surface area contributed by atoms with Crippen LogP contribution in [0.5, 0.6) is 0 Å². The van der Waals surface area contributed by atoms with Gasteiger partial charge in [-0.2, -0.15) is 0 Å². The third kappa shape index (κ3) is 11.4. The average molecular weight is 435 g/mol. The second-order valence-corrected chi connectivity index (χ2v) is 8.09. The summed E-state index contributed by atoms with van der Waals surface area (Å²) in [5.41, 5.74) is -0.473. The smallest absolute Gasteiger partial charge is 0.334 e. The molecule has 0 spiro atoms. The van der Waals surface area contributed by atoms with Gasteiger partial charge in [-0.3, -0.25) is 4.48 Å². The first-order valence-electron chi connectivity index (χ1n) is 10.5. The quantitative estimate of drug-likeness (QED) is 0.123. The molecule has 0 rings (SSSR count). The van der Waals surface area contributed by atoms with Gasteiger partial charge >= 0.3 is 5.97 Å². The molecule has 0 N–H and O–H groups in total. The highest BCUT2D eigenvalue weighted by molar-refractivity contribution is 5.81. The third-order valence-electron chi connectivity index (χ3n) is 5.80. The fourth-order valence-corrected chi connectivity index (χ4v) is 3.19. The monoisotopic (exact) mass is 433 g/mol. The summed E-state index contributed by atoms with van der Waals surface area (Å²) < 4.78 is 6.43. The molecule has 0 aliphatic carbocycles. The number of quaternary nitrogens is 1. The van der Waals surface area contributed by atoms with Crippen molar-refractivity contribution in [1.29, 1.82) is 0 Å². The van der Waals surface area contributed by atoms with Gasteiger partial charge < -0.3 is 21.7 Å². The van der Waals surface area contributed by atoms with Gasteiger partial charge in [-0.05, 0) is 13.3 Å². The molecule has 0 aromatic heterocycles. The molecule has 1 atom stereocenters. The number of carbonyl (C=O) groups is 1. The predicted molar refractivity (Wildman–Crippen MR) is 108 cm³/mol. The highest BCUT2D eigenvalue weighted by Crippen LogP contribution is 2.29. The van der Waals surface area contributed by atoms with E-state index >= 15 is 0 Å². The molecule has 0 aliphatic rings. The molecule has 4 heteroatoms. The van der Waals surface area contributed by atoms with Crippen molar-refractivity contribution in [3.8, 4) is 0 Å². The molecule has 0 amide bonds. The lowest BCUT2D eigenvalue weighted by atomic mass is 10.0. The molecule has 0 heterocycles. The van der Waals surface area contributed by atoms with Crippen molar-refractivity contribution in [3.05, 3.63) is 12.7 Å². The molecule has 0 bridgehead atoms. The Hall–Kier alpha value is -0.350. The molecule has 0 aromatic carbocycles. The Morgan fingerprint density at radius 3 is 1.73 bits per heavy atom. The summed E-state index contributed by atoms with van der Waals surface area (Å²) in [6.45, 7) is 10.9. The van der Waals surface area contributed by atoms with Crippen LogP contribution in [0.2, 0.25) is 0 Å². The zero-order valence-electron chi connectivity index (χ0n) is 18.1. The molecule has 0 saturated heterocycles. The number of hydrogen-bond donors (Lipinski definition) is 0. The Bertz CT molecular complexity index is 371. The minimum Gasteiger partial charge on any atom is -1.00 e. The Morgan fingerprint density at radius 2 is 1.35 bits per heavy atom. The van der Waals surface area contributed by atoms with Gasteiger partial charge in [0.05, 0.1) is 20.6 Å². The molecular weight excluding hydrogens is 390 g/mol. The molecule has 0 radical (unpaired) electrons. The summed E-state index contributed by atoms with van der Waals surface area (Å²) in [6, 6.07) is 0. The van der Waals surface area contributed by atoms with E-state index in [0.717, 1.165) is 19.4 Å². The van der Waals surface area contributed by atoms with Gasteiger partial charge in [-0.15, -0.1) is 0 Å². The summed E-state index contributed by atoms with van der Waals surface area (Å²) >= 11 is 0. The van der Waals surface area contributed by atoms with Crippen LogP contribution in [0, 0.1) is 0 Å². The molecule has 0 fully saturated rings. The topological polar surface area (TPSA) is 26.3 Å². The number of hydrogen-bond acceptors (Lipinski definition) is 2. The first kappa shape index (κ1) is 27.9. The lowest BCUT2D eigenvalue weighted by Gasteiger charge is -2.44. The van der Waals surface area contributed by atoms with E-state index in [9.17, 15) is 4.79 Å². The molecule has 26 heavy (non-hydrogen) atoms. The van der Waals surface area contributed by atoms with E-state index in [0.29, 0.717) is 4.48 Å². The van der Waals surface area contributed by atoms with Gasteiger partial charge in [0.2, 0.25) is 5.72 Å². The van der Waals surface area contributed by atoms with E-state index in [1.54, 1.807) is 0 Å². The van der Waals surface area contributed by atoms with E-state index < -0.39 is 5.72 Å². The van der Waals surface area contributed by atoms with Crippen molar-refractivity contribution in [2.24, 2.45) is 0 Å². The molecule has 0 saturated carbocycles. The van der Waals surface area contributed by atoms with Crippen molar-refractivity contribution < 1.29 is 31.0 Å². The number of rotatable bonds is 16. The van der Waals surface area contributed by atoms with Gasteiger partial charge in [0, 0.05) is 19.4 Å². The first-order valence-corrected chi connectivity index (χ1v) is 10.5. The Morgan fingerprint density at radius 1 is 0.923 bits per heavy atom. The minimum atomic E-state index is -0.473. The zero-order chi connectivity index (χ0) is 19.2. The standard InChI is InChI=1S/C22H44NO2.BrH/c1-7-10-11-12-13-14-15-16-17-18-19-20-22(4,23(5,6)9-3)25-21(24)8-2;/h8H,2,7,9-20H2,1,3-6H3;1H/q+1;/p-1. The van der Waals surface area contributed by atoms with Crippen LogP contribution in [-0.4, -0.2) is 36.8 Å². The average Bonchev–Trinajstić information content (AvgIpc) is 2.59. The Kier molecular flexibility index (Phi) is 16.8. The van der Waals surface area contributed by atoms with Crippen molar-refractivity contribution in [1.82, 2.24) is 0 Å². The Labute approximate surface area is 173 Å². The van der Waals surface area contributed by atoms with Gasteiger partial charge in [0.15, 0.2) is 0 Å². The highest BCUT2D eigenvalue weighted by atomic mass is 79.9. The van der Waals surface area contributed by atoms with Crippen LogP contribution in [0.4, 0.5) is 0 Å². The van der Waals surface area contributed by atoms with E-state index in [1.807, 2.05) is 0 Å². The first-order chi connectivity index (χ1) is 11.8. The number of halogens is 1. The van der Waals surface area contributed by atoms with E-state index in [2.05, 4.69) is 41.4 Å². The number of carbonyl (C=O) groups excluding carboxylic acids is 1. The summed E-state index contributed by atoms with van der Waals surface area (Å²) in [5.74, 6) is -0.315. The van der Waals surface area contributed by atoms with Crippen molar-refractivity contribution in [2.45, 2.75) is 104 Å². The van der Waals surface area contributed by atoms with Crippen LogP contribution < -0.4 is 17.0 Å². The summed E-state index contributed by atoms with van der Waals surface area (Å²) in [5, 5.41) is 0. The summed E-state index contributed by atoms with van der Waals surface area (Å²) in [7, 11) is 4.27. The number of ether oxygens (including phenoxy) is 1. The van der Waals surface area contributed by atoms with Gasteiger partial charge in [0.1, 0.15) is 0 Å². The van der Waals surface area contributed by atoms with Crippen LogP contribution in [0.25, 0.3) is 0 Å². The van der Waals surface area contributed by atoms with Crippen LogP contribution in [0.1, 0.15) is 97.8 Å². The number of nitrogens with zero attached hydrogens (tertiary/aromatic N) is 1. The summed E-state index contributed by atoms with van der Waals surface area (Å²) in [6.07, 6.45) is 16.8. The maximum Gasteiger partial charge on any atom is 0.334 e. The lowest BCUT2D eigenvalue weighted by Crippen LogP contribution is -3.00. The van der Waals surface area contributed by atoms with Gasteiger partial charge in [-0.25, -0.2) is 4.79 Å². The molecular formula is C22H44BrNO2. The second kappa shape index (κ2) is 15.7. The van der Waals surface area contributed by atoms with Crippen molar-refractivity contribution in [2.75, 3.05) is 20.6 Å². The number of esters is 1. The fourth-order valence-electron chi connectivity index (χ4n) is 3.19. The van der Waals surface area contributed by atoms with Crippen molar-refractivity contribution in [3.63, 3.8) is 0 Å². The van der Waals surface area contributed by atoms with Gasteiger partial charge in [0.25, 0.3) is 0 Å². The molecule has 0 aromatic rings. The maximum atomic E-state index is 11.7. The molecule has 1 unspecified atom stereocenters. The summed E-state index contributed by atoms with van der Waals surface area (Å²) in [4.78, 5) is 11.7. The zero-order valence-corrected chi connectivity index (χ0v) is 19.7. The molecule has 3 nitrogen and oxygen atoms in total. The van der Waals surface area contributed by atoms with Crippen LogP contribution in [0.15, 0.2) is 12.7 Å². The van der Waals surface area contributed by atoms with Crippen LogP contribution >= 0.6 is 0 Å². The largest absolute Gasteiger partial charge is 1.00 e. The van der Waals surface area contributed by atoms with Gasteiger partial charge in [-0.1, -0.05) is 77.7 Å².